The molecule has 1 rings (SSSR count). The number of piperidine rings is 1. The first kappa shape index (κ1) is 14.9. The van der Waals surface area contributed by atoms with Crippen LogP contribution in [0.3, 0.4) is 0 Å². The minimum atomic E-state index is -0.938. The molecule has 1 heterocycles. The second-order valence-electron chi connectivity index (χ2n) is 4.62. The molecule has 2 unspecified atom stereocenters. The van der Waals surface area contributed by atoms with Gasteiger partial charge in [-0.15, -0.1) is 0 Å². The summed E-state index contributed by atoms with van der Waals surface area (Å²) in [6.45, 7) is 3.18. The number of hydrogen-bond acceptors (Lipinski definition) is 4. The number of likely N-dealkylation sites (tertiary alicyclic amines) is 1. The molecule has 2 atom stereocenters. The molecule has 6 heteroatoms. The van der Waals surface area contributed by atoms with Gasteiger partial charge in [0.1, 0.15) is 12.6 Å². The summed E-state index contributed by atoms with van der Waals surface area (Å²) in [5.41, 5.74) is 0. The number of hydrogen-bond donors (Lipinski definition) is 1. The van der Waals surface area contributed by atoms with Crippen LogP contribution < -0.4 is 0 Å². The van der Waals surface area contributed by atoms with E-state index < -0.39 is 12.0 Å². The highest BCUT2D eigenvalue weighted by atomic mass is 16.5. The maximum Gasteiger partial charge on any atom is 0.326 e. The third-order valence-electron chi connectivity index (χ3n) is 3.13. The fraction of sp³-hybridized carbons (Fsp3) is 0.833. The molecule has 1 saturated heterocycles. The van der Waals surface area contributed by atoms with E-state index in [1.807, 2.05) is 6.92 Å². The van der Waals surface area contributed by atoms with Crippen LogP contribution in [0.25, 0.3) is 0 Å². The minimum absolute atomic E-state index is 0.0818. The monoisotopic (exact) mass is 259 g/mol. The van der Waals surface area contributed by atoms with E-state index in [9.17, 15) is 9.59 Å². The van der Waals surface area contributed by atoms with E-state index in [0.29, 0.717) is 32.1 Å². The number of carboxylic acid groups (broad SMARTS) is 1. The third-order valence-corrected chi connectivity index (χ3v) is 3.13. The largest absolute Gasteiger partial charge is 0.480 e. The van der Waals surface area contributed by atoms with Crippen LogP contribution in [-0.2, 0) is 19.1 Å². The van der Waals surface area contributed by atoms with E-state index in [-0.39, 0.29) is 12.5 Å². The smallest absolute Gasteiger partial charge is 0.326 e. The first-order chi connectivity index (χ1) is 8.56. The third kappa shape index (κ3) is 4.27. The number of ether oxygens (including phenoxy) is 2. The summed E-state index contributed by atoms with van der Waals surface area (Å²) in [6.07, 6.45) is 1.35. The molecule has 1 N–H and O–H groups in total. The van der Waals surface area contributed by atoms with Crippen molar-refractivity contribution in [2.75, 3.05) is 33.5 Å². The minimum Gasteiger partial charge on any atom is -0.480 e. The molecule has 104 valence electrons. The molecule has 0 aromatic carbocycles. The van der Waals surface area contributed by atoms with E-state index in [4.69, 9.17) is 14.6 Å². The highest BCUT2D eigenvalue weighted by Crippen LogP contribution is 2.22. The van der Waals surface area contributed by atoms with Crippen LogP contribution in [0.2, 0.25) is 0 Å². The Labute approximate surface area is 107 Å². The number of aliphatic carboxylic acids is 1. The Bertz CT molecular complexity index is 294. The van der Waals surface area contributed by atoms with E-state index in [0.717, 1.165) is 6.42 Å². The highest BCUT2D eigenvalue weighted by molar-refractivity contribution is 5.84. The van der Waals surface area contributed by atoms with Crippen molar-refractivity contribution >= 4 is 11.9 Å². The summed E-state index contributed by atoms with van der Waals surface area (Å²) in [7, 11) is 1.55. The maximum absolute atomic E-state index is 11.9. The van der Waals surface area contributed by atoms with Crippen LogP contribution in [0, 0.1) is 5.92 Å². The SMILES string of the molecule is COCCOCC(=O)N1CCC(C)CC1C(=O)O. The zero-order valence-electron chi connectivity index (χ0n) is 10.9. The lowest BCUT2D eigenvalue weighted by molar-refractivity contribution is -0.155. The predicted molar refractivity (Wildman–Crippen MR) is 64.2 cm³/mol. The maximum atomic E-state index is 11.9. The van der Waals surface area contributed by atoms with E-state index in [1.54, 1.807) is 7.11 Å². The molecule has 0 aliphatic carbocycles. The fourth-order valence-corrected chi connectivity index (χ4v) is 2.06. The average Bonchev–Trinajstić information content (AvgIpc) is 2.34. The summed E-state index contributed by atoms with van der Waals surface area (Å²) in [5, 5.41) is 9.13. The Balaban J connectivity index is 2.46. The summed E-state index contributed by atoms with van der Waals surface area (Å²) in [6, 6.07) is -0.715. The lowest BCUT2D eigenvalue weighted by Crippen LogP contribution is -2.51. The van der Waals surface area contributed by atoms with Crippen molar-refractivity contribution in [1.82, 2.24) is 4.90 Å². The first-order valence-electron chi connectivity index (χ1n) is 6.15. The zero-order chi connectivity index (χ0) is 13.5. The van der Waals surface area contributed by atoms with Crippen molar-refractivity contribution in [3.05, 3.63) is 0 Å². The molecule has 18 heavy (non-hydrogen) atoms. The number of methoxy groups -OCH3 is 1. The molecule has 1 aliphatic rings. The number of amides is 1. The van der Waals surface area contributed by atoms with Crippen molar-refractivity contribution in [3.63, 3.8) is 0 Å². The van der Waals surface area contributed by atoms with Gasteiger partial charge >= 0.3 is 5.97 Å². The zero-order valence-corrected chi connectivity index (χ0v) is 10.9. The number of nitrogens with zero attached hydrogens (tertiary/aromatic N) is 1. The second kappa shape index (κ2) is 7.33. The summed E-state index contributed by atoms with van der Waals surface area (Å²) >= 11 is 0. The predicted octanol–water partition coefficient (Wildman–Crippen LogP) is 0.361. The van der Waals surface area contributed by atoms with Gasteiger partial charge in [-0.25, -0.2) is 4.79 Å². The van der Waals surface area contributed by atoms with Gasteiger partial charge in [0.15, 0.2) is 0 Å². The number of carboxylic acids is 1. The van der Waals surface area contributed by atoms with Crippen LogP contribution in [0.5, 0.6) is 0 Å². The molecular formula is C12H21NO5. The van der Waals surface area contributed by atoms with Crippen molar-refractivity contribution in [2.24, 2.45) is 5.92 Å². The van der Waals surface area contributed by atoms with Crippen LogP contribution in [0.15, 0.2) is 0 Å². The Kier molecular flexibility index (Phi) is 6.07. The molecular weight excluding hydrogens is 238 g/mol. The fourth-order valence-electron chi connectivity index (χ4n) is 2.06. The summed E-state index contributed by atoms with van der Waals surface area (Å²) in [5.74, 6) is -0.859. The van der Waals surface area contributed by atoms with Gasteiger partial charge in [-0.3, -0.25) is 4.79 Å². The Morgan fingerprint density at radius 1 is 1.39 bits per heavy atom. The number of rotatable bonds is 6. The lowest BCUT2D eigenvalue weighted by Gasteiger charge is -2.35. The van der Waals surface area contributed by atoms with Crippen LogP contribution >= 0.6 is 0 Å². The molecule has 0 aromatic rings. The van der Waals surface area contributed by atoms with Gasteiger partial charge < -0.3 is 19.5 Å². The van der Waals surface area contributed by atoms with Crippen LogP contribution in [0.1, 0.15) is 19.8 Å². The second-order valence-corrected chi connectivity index (χ2v) is 4.62. The van der Waals surface area contributed by atoms with Crippen molar-refractivity contribution in [2.45, 2.75) is 25.8 Å². The van der Waals surface area contributed by atoms with Crippen molar-refractivity contribution in [3.8, 4) is 0 Å². The number of carbonyl (C=O) groups excluding carboxylic acids is 1. The van der Waals surface area contributed by atoms with E-state index in [1.165, 1.54) is 4.90 Å². The molecule has 6 nitrogen and oxygen atoms in total. The van der Waals surface area contributed by atoms with Crippen molar-refractivity contribution in [1.29, 1.82) is 0 Å². The van der Waals surface area contributed by atoms with Gasteiger partial charge in [0.25, 0.3) is 0 Å². The van der Waals surface area contributed by atoms with Gasteiger partial charge in [-0.2, -0.15) is 0 Å². The first-order valence-corrected chi connectivity index (χ1v) is 6.15. The summed E-state index contributed by atoms with van der Waals surface area (Å²) in [4.78, 5) is 24.4. The van der Waals surface area contributed by atoms with E-state index in [2.05, 4.69) is 0 Å². The molecule has 0 saturated carbocycles. The Morgan fingerprint density at radius 2 is 2.11 bits per heavy atom. The average molecular weight is 259 g/mol. The van der Waals surface area contributed by atoms with Crippen LogP contribution in [-0.4, -0.2) is 61.4 Å². The normalized spacial score (nSPS) is 24.0. The Hall–Kier alpha value is -1.14. The molecule has 1 amide bonds. The van der Waals surface area contributed by atoms with E-state index >= 15 is 0 Å². The summed E-state index contributed by atoms with van der Waals surface area (Å²) < 4.78 is 9.93. The van der Waals surface area contributed by atoms with Crippen LogP contribution in [0.4, 0.5) is 0 Å². The Morgan fingerprint density at radius 3 is 2.72 bits per heavy atom. The quantitative estimate of drug-likeness (QED) is 0.697. The highest BCUT2D eigenvalue weighted by Gasteiger charge is 2.34. The molecule has 0 aromatic heterocycles. The van der Waals surface area contributed by atoms with Gasteiger partial charge in [-0.05, 0) is 18.8 Å². The van der Waals surface area contributed by atoms with Crippen molar-refractivity contribution < 1.29 is 24.2 Å². The molecule has 0 radical (unpaired) electrons. The molecule has 1 fully saturated rings. The lowest BCUT2D eigenvalue weighted by atomic mass is 9.92. The topological polar surface area (TPSA) is 76.1 Å². The standard InChI is InChI=1S/C12H21NO5/c1-9-3-4-13(10(7-9)12(15)16)11(14)8-18-6-5-17-2/h9-10H,3-8H2,1-2H3,(H,15,16). The van der Waals surface area contributed by atoms with Gasteiger partial charge in [0, 0.05) is 13.7 Å². The van der Waals surface area contributed by atoms with Gasteiger partial charge in [0.05, 0.1) is 13.2 Å². The number of carbonyl (C=O) groups is 2. The molecule has 1 aliphatic heterocycles. The van der Waals surface area contributed by atoms with Gasteiger partial charge in [0.2, 0.25) is 5.91 Å². The molecule has 0 spiro atoms. The van der Waals surface area contributed by atoms with Gasteiger partial charge in [-0.1, -0.05) is 6.92 Å². The molecule has 0 bridgehead atoms.